The van der Waals surface area contributed by atoms with Crippen LogP contribution in [0.4, 0.5) is 0 Å². The van der Waals surface area contributed by atoms with Crippen molar-refractivity contribution in [2.45, 2.75) is 33.6 Å². The van der Waals surface area contributed by atoms with Crippen molar-refractivity contribution in [1.29, 1.82) is 0 Å². The van der Waals surface area contributed by atoms with Gasteiger partial charge in [0, 0.05) is 46.7 Å². The Kier molecular flexibility index (Phi) is 15.1. The summed E-state index contributed by atoms with van der Waals surface area (Å²) in [5, 5.41) is 20.9. The third-order valence-corrected chi connectivity index (χ3v) is 15.9. The smallest absolute Gasteiger partial charge is 0.382 e. The molecule has 3 aromatic carbocycles. The van der Waals surface area contributed by atoms with Crippen LogP contribution in [-0.4, -0.2) is 75.7 Å². The Hall–Kier alpha value is -0.480. The number of thioether (sulfide) groups is 3. The van der Waals surface area contributed by atoms with Crippen molar-refractivity contribution in [2.24, 2.45) is 0 Å². The molecule has 3 unspecified atom stereocenters. The van der Waals surface area contributed by atoms with Crippen LogP contribution in [0, 0.1) is 0 Å². The van der Waals surface area contributed by atoms with Gasteiger partial charge in [-0.15, -0.1) is 14.0 Å². The highest BCUT2D eigenvalue weighted by Crippen LogP contribution is 2.31. The molecule has 3 aliphatic heterocycles. The van der Waals surface area contributed by atoms with E-state index in [1.165, 1.54) is 0 Å². The van der Waals surface area contributed by atoms with E-state index in [-0.39, 0.29) is 71.9 Å². The number of nitrogens with one attached hydrogen (secondary N) is 3. The summed E-state index contributed by atoms with van der Waals surface area (Å²) in [6.07, 6.45) is 0. The highest BCUT2D eigenvalue weighted by Gasteiger charge is 2.36. The van der Waals surface area contributed by atoms with Gasteiger partial charge in [-0.3, -0.25) is 0 Å². The largest absolute Gasteiger partial charge is 1.00 e. The SMILES string of the molecule is ICC1CSc2nc3[nH]c4ccccc4c3n[n+]21.ICC1CSc2nc3[nH]c4ccccc4c3n[n+]21.ICC1CSc2nc3[nH]c4ccccc4c3n[n+]21.[I-].[I-].[I-]. The number of aromatic nitrogens is 12. The maximum Gasteiger partial charge on any atom is 0.382 e. The number of benzene rings is 3. The normalized spacial score (nSPS) is 17.6. The quantitative estimate of drug-likeness (QED) is 0.109. The van der Waals surface area contributed by atoms with Crippen LogP contribution in [0.5, 0.6) is 0 Å². The van der Waals surface area contributed by atoms with Gasteiger partial charge in [0.1, 0.15) is 18.1 Å². The standard InChI is InChI=1S/3C12H9IN4S.3HI/c3*13-5-7-6-18-12-15-11-10(16-17(7)12)8-3-1-2-4-9(8)14-11;;;/h3*1-4,7H,5-6H2;3*1H. The molecule has 294 valence electrons. The molecular formula is C36H30I6N12S3. The van der Waals surface area contributed by atoms with Gasteiger partial charge in [0.15, 0.2) is 16.6 Å². The molecule has 0 spiro atoms. The molecule has 9 aromatic rings. The lowest BCUT2D eigenvalue weighted by atomic mass is 10.2. The number of nitrogens with zero attached hydrogens (tertiary/aromatic N) is 9. The molecule has 0 amide bonds. The first kappa shape index (κ1) is 44.6. The van der Waals surface area contributed by atoms with Crippen LogP contribution >= 0.6 is 103 Å². The Morgan fingerprint density at radius 1 is 0.474 bits per heavy atom. The summed E-state index contributed by atoms with van der Waals surface area (Å²) in [5.74, 6) is 3.23. The van der Waals surface area contributed by atoms with Gasteiger partial charge in [0.25, 0.3) is 16.9 Å². The molecule has 0 fully saturated rings. The number of aromatic amines is 3. The zero-order chi connectivity index (χ0) is 36.3. The van der Waals surface area contributed by atoms with Gasteiger partial charge >= 0.3 is 15.5 Å². The second-order valence-corrected chi connectivity index (χ2v) is 18.6. The number of fused-ring (bicyclic) bond motifs is 12. The lowest BCUT2D eigenvalue weighted by Crippen LogP contribution is -3.00. The maximum absolute atomic E-state index is 4.79. The molecule has 0 aliphatic carbocycles. The molecule has 0 saturated carbocycles. The van der Waals surface area contributed by atoms with E-state index in [1.807, 2.05) is 36.4 Å². The highest BCUT2D eigenvalue weighted by molar-refractivity contribution is 14.1. The lowest BCUT2D eigenvalue weighted by molar-refractivity contribution is -0.798. The minimum Gasteiger partial charge on any atom is -1.00 e. The number of para-hydroxylation sites is 3. The first-order valence-electron chi connectivity index (χ1n) is 17.3. The molecule has 21 heteroatoms. The zero-order valence-corrected chi connectivity index (χ0v) is 44.8. The van der Waals surface area contributed by atoms with E-state index in [9.17, 15) is 0 Å². The van der Waals surface area contributed by atoms with Gasteiger partial charge in [-0.05, 0) is 68.4 Å². The van der Waals surface area contributed by atoms with Gasteiger partial charge in [-0.25, -0.2) is 0 Å². The predicted molar refractivity (Wildman–Crippen MR) is 241 cm³/mol. The van der Waals surface area contributed by atoms with Crippen molar-refractivity contribution in [1.82, 2.24) is 45.2 Å². The molecule has 3 atom stereocenters. The third kappa shape index (κ3) is 8.41. The average molecular weight is 1490 g/mol. The number of H-pyrrole nitrogens is 3. The fourth-order valence-electron chi connectivity index (χ4n) is 6.84. The Bertz CT molecular complexity index is 2580. The van der Waals surface area contributed by atoms with Crippen LogP contribution in [-0.2, 0) is 0 Å². The first-order valence-corrected chi connectivity index (χ1v) is 24.8. The van der Waals surface area contributed by atoms with Crippen molar-refractivity contribution in [2.75, 3.05) is 30.5 Å². The molecular weight excluding hydrogens is 1460 g/mol. The van der Waals surface area contributed by atoms with Crippen LogP contribution in [0.25, 0.3) is 66.2 Å². The predicted octanol–water partition coefficient (Wildman–Crippen LogP) is -1.55. The fourth-order valence-corrected chi connectivity index (χ4v) is 13.4. The fraction of sp³-hybridized carbons (Fsp3) is 0.250. The molecule has 6 aromatic heterocycles. The van der Waals surface area contributed by atoms with Crippen LogP contribution in [0.3, 0.4) is 0 Å². The van der Waals surface area contributed by atoms with Gasteiger partial charge in [0.2, 0.25) is 0 Å². The lowest BCUT2D eigenvalue weighted by Gasteiger charge is -2.00. The van der Waals surface area contributed by atoms with E-state index < -0.39 is 0 Å². The van der Waals surface area contributed by atoms with E-state index in [0.717, 1.165) is 112 Å². The zero-order valence-electron chi connectivity index (χ0n) is 29.4. The minimum absolute atomic E-state index is 0. The molecule has 12 rings (SSSR count). The minimum atomic E-state index is 0. The third-order valence-electron chi connectivity index (χ3n) is 9.60. The Morgan fingerprint density at radius 3 is 1.04 bits per heavy atom. The van der Waals surface area contributed by atoms with E-state index in [0.29, 0.717) is 18.1 Å². The monoisotopic (exact) mass is 1490 g/mol. The van der Waals surface area contributed by atoms with Crippen molar-refractivity contribution in [3.05, 3.63) is 72.8 Å². The summed E-state index contributed by atoms with van der Waals surface area (Å²) >= 11 is 12.6. The second-order valence-electron chi connectivity index (χ2n) is 13.0. The van der Waals surface area contributed by atoms with Crippen molar-refractivity contribution < 1.29 is 86.0 Å². The average Bonchev–Trinajstić information content (AvgIpc) is 4.07. The molecule has 57 heavy (non-hydrogen) atoms. The van der Waals surface area contributed by atoms with E-state index in [4.69, 9.17) is 30.2 Å². The van der Waals surface area contributed by atoms with Crippen LogP contribution in [0.1, 0.15) is 18.1 Å². The van der Waals surface area contributed by atoms with Crippen LogP contribution < -0.4 is 86.0 Å². The Morgan fingerprint density at radius 2 is 0.754 bits per heavy atom. The summed E-state index contributed by atoms with van der Waals surface area (Å²) in [6, 6.07) is 26.1. The summed E-state index contributed by atoms with van der Waals surface area (Å²) in [6.45, 7) is 0. The summed E-state index contributed by atoms with van der Waals surface area (Å²) in [5.41, 5.74) is 8.93. The molecule has 3 aliphatic rings. The van der Waals surface area contributed by atoms with Crippen molar-refractivity contribution in [3.63, 3.8) is 0 Å². The highest BCUT2D eigenvalue weighted by atomic mass is 127. The summed E-state index contributed by atoms with van der Waals surface area (Å²) in [4.78, 5) is 24.1. The summed E-state index contributed by atoms with van der Waals surface area (Å²) < 4.78 is 9.47. The summed E-state index contributed by atoms with van der Waals surface area (Å²) in [7, 11) is 0. The number of halogens is 6. The molecule has 3 N–H and O–H groups in total. The van der Waals surface area contributed by atoms with E-state index in [2.05, 4.69) is 133 Å². The Labute approximate surface area is 431 Å². The number of hydrogen-bond donors (Lipinski definition) is 3. The number of hydrogen-bond acceptors (Lipinski definition) is 9. The molecule has 0 radical (unpaired) electrons. The first-order chi connectivity index (χ1) is 26.6. The Balaban J connectivity index is 0.000000127. The van der Waals surface area contributed by atoms with E-state index in [1.54, 1.807) is 35.3 Å². The maximum atomic E-state index is 4.79. The molecule has 0 bridgehead atoms. The molecule has 12 nitrogen and oxygen atoms in total. The van der Waals surface area contributed by atoms with Gasteiger partial charge in [-0.1, -0.05) is 138 Å². The van der Waals surface area contributed by atoms with Crippen LogP contribution in [0.2, 0.25) is 0 Å². The van der Waals surface area contributed by atoms with Gasteiger partial charge in [-0.2, -0.15) is 0 Å². The number of rotatable bonds is 3. The second kappa shape index (κ2) is 19.3. The van der Waals surface area contributed by atoms with Gasteiger partial charge in [0.05, 0.1) is 16.6 Å². The van der Waals surface area contributed by atoms with Gasteiger partial charge < -0.3 is 86.9 Å². The topological polar surface area (TPSA) is 136 Å². The van der Waals surface area contributed by atoms with E-state index >= 15 is 0 Å². The molecule has 9 heterocycles. The molecule has 0 saturated heterocycles. The van der Waals surface area contributed by atoms with Crippen LogP contribution in [0.15, 0.2) is 88.3 Å². The van der Waals surface area contributed by atoms with Crippen molar-refractivity contribution >= 4 is 169 Å². The number of alkyl halides is 3. The van der Waals surface area contributed by atoms with Crippen molar-refractivity contribution in [3.8, 4) is 0 Å².